The molecule has 2 N–H and O–H groups in total. The van der Waals surface area contributed by atoms with Gasteiger partial charge in [-0.2, -0.15) is 5.10 Å². The first-order valence-electron chi connectivity index (χ1n) is 9.57. The summed E-state index contributed by atoms with van der Waals surface area (Å²) >= 11 is 0. The maximum absolute atomic E-state index is 14.2. The Morgan fingerprint density at radius 2 is 2.14 bits per heavy atom. The number of carbonyl (C=O) groups excluding carboxylic acids is 1. The van der Waals surface area contributed by atoms with Gasteiger partial charge in [0.25, 0.3) is 5.91 Å². The minimum absolute atomic E-state index is 0.125. The molecule has 6 nitrogen and oxygen atoms in total. The van der Waals surface area contributed by atoms with Crippen molar-refractivity contribution in [3.63, 3.8) is 0 Å². The van der Waals surface area contributed by atoms with Gasteiger partial charge in [-0.05, 0) is 48.0 Å². The van der Waals surface area contributed by atoms with Crippen molar-refractivity contribution in [2.24, 2.45) is 0 Å². The number of hydrogen-bond donors (Lipinski definition) is 2. The summed E-state index contributed by atoms with van der Waals surface area (Å²) in [6.45, 7) is 2.14. The van der Waals surface area contributed by atoms with E-state index in [1.165, 1.54) is 0 Å². The molecule has 1 saturated heterocycles. The van der Waals surface area contributed by atoms with Crippen LogP contribution in [0.1, 0.15) is 23.7 Å². The zero-order valence-electron chi connectivity index (χ0n) is 15.9. The number of anilines is 2. The summed E-state index contributed by atoms with van der Waals surface area (Å²) in [5.74, 6) is 0.520. The summed E-state index contributed by atoms with van der Waals surface area (Å²) in [4.78, 5) is 18.9. The van der Waals surface area contributed by atoms with E-state index in [0.717, 1.165) is 27.5 Å². The molecule has 0 radical (unpaired) electrons. The Hall–Kier alpha value is -3.48. The van der Waals surface area contributed by atoms with Gasteiger partial charge in [0.05, 0.1) is 12.1 Å². The van der Waals surface area contributed by atoms with E-state index in [1.807, 2.05) is 42.5 Å². The molecular weight excluding hydrogens is 369 g/mol. The molecule has 1 unspecified atom stereocenters. The SMILES string of the molecule is CC1(F)CCN(C(=O)c2cccc3cc(Nc4n[nH]c5cccnc45)ccc23)C1. The first kappa shape index (κ1) is 17.6. The van der Waals surface area contributed by atoms with E-state index in [9.17, 15) is 9.18 Å². The maximum Gasteiger partial charge on any atom is 0.254 e. The van der Waals surface area contributed by atoms with Crippen LogP contribution in [0, 0.1) is 0 Å². The van der Waals surface area contributed by atoms with Crippen LogP contribution in [0.4, 0.5) is 15.9 Å². The molecule has 146 valence electrons. The van der Waals surface area contributed by atoms with Crippen LogP contribution in [-0.4, -0.2) is 44.7 Å². The standard InChI is InChI=1S/C22H20FN5O/c1-22(23)9-11-28(13-22)21(29)17-5-2-4-14-12-15(7-8-16(14)17)25-20-19-18(26-27-20)6-3-10-24-19/h2-8,10,12H,9,11,13H2,1H3,(H2,25,26,27). The molecule has 0 saturated carbocycles. The summed E-state index contributed by atoms with van der Waals surface area (Å²) in [7, 11) is 0. The molecule has 3 heterocycles. The lowest BCUT2D eigenvalue weighted by molar-refractivity contribution is 0.0762. The Labute approximate surface area is 166 Å². The highest BCUT2D eigenvalue weighted by molar-refractivity contribution is 6.08. The number of alkyl halides is 1. The lowest BCUT2D eigenvalue weighted by Gasteiger charge is -2.18. The number of nitrogens with one attached hydrogen (secondary N) is 2. The lowest BCUT2D eigenvalue weighted by Crippen LogP contribution is -2.31. The number of likely N-dealkylation sites (tertiary alicyclic amines) is 1. The van der Waals surface area contributed by atoms with Crippen molar-refractivity contribution in [2.75, 3.05) is 18.4 Å². The van der Waals surface area contributed by atoms with Gasteiger partial charge in [-0.15, -0.1) is 0 Å². The molecule has 0 bridgehead atoms. The Morgan fingerprint density at radius 3 is 2.97 bits per heavy atom. The predicted octanol–water partition coefficient (Wildman–Crippen LogP) is 4.43. The van der Waals surface area contributed by atoms with Gasteiger partial charge in [-0.3, -0.25) is 14.9 Å². The molecule has 2 aromatic carbocycles. The Morgan fingerprint density at radius 1 is 1.24 bits per heavy atom. The van der Waals surface area contributed by atoms with Gasteiger partial charge in [-0.1, -0.05) is 18.2 Å². The minimum Gasteiger partial charge on any atom is -0.337 e. The van der Waals surface area contributed by atoms with Crippen molar-refractivity contribution in [1.82, 2.24) is 20.1 Å². The van der Waals surface area contributed by atoms with Crippen LogP contribution in [0.25, 0.3) is 21.8 Å². The summed E-state index contributed by atoms with van der Waals surface area (Å²) in [5.41, 5.74) is 1.75. The number of hydrogen-bond acceptors (Lipinski definition) is 4. The van der Waals surface area contributed by atoms with E-state index in [0.29, 0.717) is 24.3 Å². The normalized spacial score (nSPS) is 19.2. The largest absolute Gasteiger partial charge is 0.337 e. The average Bonchev–Trinajstić information content (AvgIpc) is 3.30. The second-order valence-electron chi connectivity index (χ2n) is 7.73. The molecule has 1 aliphatic heterocycles. The third-order valence-corrected chi connectivity index (χ3v) is 5.40. The molecule has 5 rings (SSSR count). The molecule has 0 aliphatic carbocycles. The van der Waals surface area contributed by atoms with Gasteiger partial charge in [0.15, 0.2) is 5.82 Å². The Kier molecular flexibility index (Phi) is 3.97. The molecule has 4 aromatic rings. The van der Waals surface area contributed by atoms with E-state index in [1.54, 1.807) is 24.1 Å². The van der Waals surface area contributed by atoms with E-state index in [-0.39, 0.29) is 12.5 Å². The zero-order valence-corrected chi connectivity index (χ0v) is 15.9. The summed E-state index contributed by atoms with van der Waals surface area (Å²) in [6.07, 6.45) is 2.10. The smallest absolute Gasteiger partial charge is 0.254 e. The zero-order chi connectivity index (χ0) is 20.0. The van der Waals surface area contributed by atoms with Gasteiger partial charge < -0.3 is 10.2 Å². The van der Waals surface area contributed by atoms with Crippen molar-refractivity contribution in [1.29, 1.82) is 0 Å². The van der Waals surface area contributed by atoms with Crippen LogP contribution < -0.4 is 5.32 Å². The number of carbonyl (C=O) groups is 1. The number of aromatic amines is 1. The van der Waals surface area contributed by atoms with Crippen LogP contribution in [0.2, 0.25) is 0 Å². The van der Waals surface area contributed by atoms with E-state index in [4.69, 9.17) is 0 Å². The van der Waals surface area contributed by atoms with Crippen LogP contribution in [0.5, 0.6) is 0 Å². The topological polar surface area (TPSA) is 73.9 Å². The summed E-state index contributed by atoms with van der Waals surface area (Å²) < 4.78 is 14.2. The monoisotopic (exact) mass is 389 g/mol. The van der Waals surface area contributed by atoms with Crippen molar-refractivity contribution in [3.8, 4) is 0 Å². The maximum atomic E-state index is 14.2. The minimum atomic E-state index is -1.31. The van der Waals surface area contributed by atoms with Crippen LogP contribution >= 0.6 is 0 Å². The van der Waals surface area contributed by atoms with Gasteiger partial charge in [-0.25, -0.2) is 4.39 Å². The van der Waals surface area contributed by atoms with Crippen LogP contribution in [0.3, 0.4) is 0 Å². The predicted molar refractivity (Wildman–Crippen MR) is 111 cm³/mol. The highest BCUT2D eigenvalue weighted by atomic mass is 19.1. The van der Waals surface area contributed by atoms with Crippen molar-refractivity contribution < 1.29 is 9.18 Å². The third kappa shape index (κ3) is 3.18. The number of halogens is 1. The fourth-order valence-corrected chi connectivity index (χ4v) is 3.89. The number of rotatable bonds is 3. The molecule has 1 fully saturated rings. The fourth-order valence-electron chi connectivity index (χ4n) is 3.89. The number of benzene rings is 2. The van der Waals surface area contributed by atoms with E-state index >= 15 is 0 Å². The number of aromatic nitrogens is 3. The number of pyridine rings is 1. The molecule has 2 aromatic heterocycles. The molecular formula is C22H20FN5O. The fraction of sp³-hybridized carbons (Fsp3) is 0.227. The van der Waals surface area contributed by atoms with Gasteiger partial charge in [0.2, 0.25) is 0 Å². The van der Waals surface area contributed by atoms with Crippen LogP contribution in [-0.2, 0) is 0 Å². The molecule has 1 aliphatic rings. The van der Waals surface area contributed by atoms with Crippen molar-refractivity contribution in [3.05, 3.63) is 60.3 Å². The van der Waals surface area contributed by atoms with E-state index < -0.39 is 5.67 Å². The second-order valence-corrected chi connectivity index (χ2v) is 7.73. The summed E-state index contributed by atoms with van der Waals surface area (Å²) in [6, 6.07) is 15.2. The van der Waals surface area contributed by atoms with Gasteiger partial charge in [0.1, 0.15) is 11.2 Å². The highest BCUT2D eigenvalue weighted by Gasteiger charge is 2.36. The van der Waals surface area contributed by atoms with Gasteiger partial charge in [0, 0.05) is 30.4 Å². The molecule has 1 atom stereocenters. The lowest BCUT2D eigenvalue weighted by atomic mass is 10.0. The van der Waals surface area contributed by atoms with E-state index in [2.05, 4.69) is 20.5 Å². The Bertz CT molecular complexity index is 1230. The second kappa shape index (κ2) is 6.55. The molecule has 0 spiro atoms. The number of amides is 1. The first-order chi connectivity index (χ1) is 14.0. The molecule has 7 heteroatoms. The third-order valence-electron chi connectivity index (χ3n) is 5.40. The molecule has 29 heavy (non-hydrogen) atoms. The molecule has 1 amide bonds. The summed E-state index contributed by atoms with van der Waals surface area (Å²) in [5, 5.41) is 12.3. The average molecular weight is 389 g/mol. The number of nitrogens with zero attached hydrogens (tertiary/aromatic N) is 3. The van der Waals surface area contributed by atoms with Gasteiger partial charge >= 0.3 is 0 Å². The van der Waals surface area contributed by atoms with Crippen molar-refractivity contribution >= 4 is 39.2 Å². The number of H-pyrrole nitrogens is 1. The first-order valence-corrected chi connectivity index (χ1v) is 9.57. The Balaban J connectivity index is 1.46. The quantitative estimate of drug-likeness (QED) is 0.544. The van der Waals surface area contributed by atoms with Crippen molar-refractivity contribution in [2.45, 2.75) is 19.0 Å². The van der Waals surface area contributed by atoms with Crippen LogP contribution in [0.15, 0.2) is 54.7 Å². The highest BCUT2D eigenvalue weighted by Crippen LogP contribution is 2.30. The number of fused-ring (bicyclic) bond motifs is 2.